The van der Waals surface area contributed by atoms with Crippen molar-refractivity contribution in [2.45, 2.75) is 38.2 Å². The first-order chi connectivity index (χ1) is 7.40. The molecule has 3 heteroatoms. The van der Waals surface area contributed by atoms with E-state index >= 15 is 0 Å². The molecule has 0 amide bonds. The molecule has 0 aromatic rings. The third kappa shape index (κ3) is 3.16. The van der Waals surface area contributed by atoms with Gasteiger partial charge in [0.05, 0.1) is 12.7 Å². The Hall–Kier alpha value is -0.120. The molecule has 3 nitrogen and oxygen atoms in total. The fourth-order valence-corrected chi connectivity index (χ4v) is 2.91. The molecule has 1 aliphatic heterocycles. The van der Waals surface area contributed by atoms with Crippen LogP contribution in [0.4, 0.5) is 0 Å². The van der Waals surface area contributed by atoms with Crippen LogP contribution in [-0.4, -0.2) is 43.8 Å². The lowest BCUT2D eigenvalue weighted by molar-refractivity contribution is -0.0637. The average molecular weight is 212 g/mol. The highest BCUT2D eigenvalue weighted by molar-refractivity contribution is 4.80. The minimum absolute atomic E-state index is 0.491. The van der Waals surface area contributed by atoms with E-state index < -0.39 is 0 Å². The molecule has 0 aromatic heterocycles. The quantitative estimate of drug-likeness (QED) is 0.764. The van der Waals surface area contributed by atoms with Crippen molar-refractivity contribution >= 4 is 0 Å². The Morgan fingerprint density at radius 1 is 1.20 bits per heavy atom. The number of ether oxygens (including phenoxy) is 1. The summed E-state index contributed by atoms with van der Waals surface area (Å²) < 4.78 is 5.91. The molecule has 0 radical (unpaired) electrons. The lowest BCUT2D eigenvalue weighted by Crippen LogP contribution is -2.47. The number of hydrogen-bond acceptors (Lipinski definition) is 3. The van der Waals surface area contributed by atoms with E-state index in [1.807, 2.05) is 0 Å². The molecular weight excluding hydrogens is 188 g/mol. The predicted octanol–water partition coefficient (Wildman–Crippen LogP) is 1.23. The minimum Gasteiger partial charge on any atom is -0.375 e. The van der Waals surface area contributed by atoms with Crippen LogP contribution in [0.25, 0.3) is 0 Å². The SMILES string of the molecule is NCCN1CCOC(C2CCCCC2)C1. The van der Waals surface area contributed by atoms with Crippen LogP contribution in [-0.2, 0) is 4.74 Å². The van der Waals surface area contributed by atoms with Gasteiger partial charge in [0.25, 0.3) is 0 Å². The van der Waals surface area contributed by atoms with E-state index in [1.54, 1.807) is 0 Å². The monoisotopic (exact) mass is 212 g/mol. The summed E-state index contributed by atoms with van der Waals surface area (Å²) in [5.74, 6) is 0.819. The molecule has 1 atom stereocenters. The second-order valence-corrected chi connectivity index (χ2v) is 4.90. The first kappa shape index (κ1) is 11.4. The fraction of sp³-hybridized carbons (Fsp3) is 1.00. The summed E-state index contributed by atoms with van der Waals surface area (Å²) in [6, 6.07) is 0. The van der Waals surface area contributed by atoms with E-state index in [-0.39, 0.29) is 0 Å². The summed E-state index contributed by atoms with van der Waals surface area (Å²) in [5, 5.41) is 0. The molecular formula is C12H24N2O. The van der Waals surface area contributed by atoms with Gasteiger partial charge in [0.15, 0.2) is 0 Å². The summed E-state index contributed by atoms with van der Waals surface area (Å²) >= 11 is 0. The van der Waals surface area contributed by atoms with E-state index in [0.29, 0.717) is 6.10 Å². The van der Waals surface area contributed by atoms with Crippen molar-refractivity contribution in [3.05, 3.63) is 0 Å². The number of nitrogens with zero attached hydrogens (tertiary/aromatic N) is 1. The molecule has 15 heavy (non-hydrogen) atoms. The lowest BCUT2D eigenvalue weighted by Gasteiger charge is -2.38. The van der Waals surface area contributed by atoms with Gasteiger partial charge in [0.1, 0.15) is 0 Å². The Morgan fingerprint density at radius 2 is 2.00 bits per heavy atom. The largest absolute Gasteiger partial charge is 0.375 e. The van der Waals surface area contributed by atoms with Gasteiger partial charge < -0.3 is 10.5 Å². The van der Waals surface area contributed by atoms with Crippen molar-refractivity contribution in [2.75, 3.05) is 32.8 Å². The molecule has 0 bridgehead atoms. The van der Waals surface area contributed by atoms with Crippen LogP contribution in [0.1, 0.15) is 32.1 Å². The molecule has 0 spiro atoms. The minimum atomic E-state index is 0.491. The van der Waals surface area contributed by atoms with E-state index in [2.05, 4.69) is 4.90 Å². The summed E-state index contributed by atoms with van der Waals surface area (Å²) in [7, 11) is 0. The van der Waals surface area contributed by atoms with Crippen molar-refractivity contribution in [3.8, 4) is 0 Å². The standard InChI is InChI=1S/C12H24N2O/c13-6-7-14-8-9-15-12(10-14)11-4-2-1-3-5-11/h11-12H,1-10,13H2. The van der Waals surface area contributed by atoms with Gasteiger partial charge in [-0.2, -0.15) is 0 Å². The summed E-state index contributed by atoms with van der Waals surface area (Å²) in [6.07, 6.45) is 7.48. The maximum atomic E-state index is 5.91. The number of morpholine rings is 1. The molecule has 1 saturated carbocycles. The van der Waals surface area contributed by atoms with Crippen LogP contribution in [0.15, 0.2) is 0 Å². The van der Waals surface area contributed by atoms with Crippen LogP contribution >= 0.6 is 0 Å². The molecule has 1 aliphatic carbocycles. The highest BCUT2D eigenvalue weighted by atomic mass is 16.5. The molecule has 1 heterocycles. The molecule has 1 saturated heterocycles. The van der Waals surface area contributed by atoms with Crippen LogP contribution < -0.4 is 5.73 Å². The highest BCUT2D eigenvalue weighted by Gasteiger charge is 2.28. The zero-order valence-corrected chi connectivity index (χ0v) is 9.66. The Bertz CT molecular complexity index is 178. The maximum Gasteiger partial charge on any atom is 0.0730 e. The third-order valence-corrected chi connectivity index (χ3v) is 3.80. The van der Waals surface area contributed by atoms with Crippen molar-refractivity contribution in [2.24, 2.45) is 11.7 Å². The molecule has 1 unspecified atom stereocenters. The van der Waals surface area contributed by atoms with Crippen molar-refractivity contribution in [1.82, 2.24) is 4.90 Å². The predicted molar refractivity (Wildman–Crippen MR) is 61.8 cm³/mol. The Kier molecular flexibility index (Phi) is 4.42. The third-order valence-electron chi connectivity index (χ3n) is 3.80. The van der Waals surface area contributed by atoms with Crippen LogP contribution in [0.2, 0.25) is 0 Å². The molecule has 0 aromatic carbocycles. The number of nitrogens with two attached hydrogens (primary N) is 1. The molecule has 2 N–H and O–H groups in total. The van der Waals surface area contributed by atoms with E-state index in [1.165, 1.54) is 32.1 Å². The van der Waals surface area contributed by atoms with Gasteiger partial charge in [-0.1, -0.05) is 19.3 Å². The van der Waals surface area contributed by atoms with E-state index in [9.17, 15) is 0 Å². The molecule has 88 valence electrons. The smallest absolute Gasteiger partial charge is 0.0730 e. The fourth-order valence-electron chi connectivity index (χ4n) is 2.91. The van der Waals surface area contributed by atoms with Gasteiger partial charge in [-0.3, -0.25) is 4.90 Å². The number of hydrogen-bond donors (Lipinski definition) is 1. The van der Waals surface area contributed by atoms with Gasteiger partial charge in [-0.15, -0.1) is 0 Å². The zero-order valence-electron chi connectivity index (χ0n) is 9.66. The van der Waals surface area contributed by atoms with Crippen LogP contribution in [0.3, 0.4) is 0 Å². The summed E-state index contributed by atoms with van der Waals surface area (Å²) in [4.78, 5) is 2.46. The van der Waals surface area contributed by atoms with E-state index in [0.717, 1.165) is 38.7 Å². The first-order valence-corrected chi connectivity index (χ1v) is 6.44. The molecule has 2 fully saturated rings. The maximum absolute atomic E-state index is 5.91. The Labute approximate surface area is 93.0 Å². The Morgan fingerprint density at radius 3 is 2.73 bits per heavy atom. The molecule has 2 rings (SSSR count). The van der Waals surface area contributed by atoms with Gasteiger partial charge in [-0.25, -0.2) is 0 Å². The van der Waals surface area contributed by atoms with Gasteiger partial charge in [-0.05, 0) is 18.8 Å². The summed E-state index contributed by atoms with van der Waals surface area (Å²) in [5.41, 5.74) is 5.60. The molecule has 2 aliphatic rings. The normalized spacial score (nSPS) is 30.6. The lowest BCUT2D eigenvalue weighted by atomic mass is 9.84. The number of rotatable bonds is 3. The Balaban J connectivity index is 1.80. The van der Waals surface area contributed by atoms with Crippen molar-refractivity contribution < 1.29 is 4.74 Å². The first-order valence-electron chi connectivity index (χ1n) is 6.44. The van der Waals surface area contributed by atoms with Gasteiger partial charge in [0.2, 0.25) is 0 Å². The van der Waals surface area contributed by atoms with E-state index in [4.69, 9.17) is 10.5 Å². The van der Waals surface area contributed by atoms with Gasteiger partial charge in [0, 0.05) is 26.2 Å². The second-order valence-electron chi connectivity index (χ2n) is 4.90. The zero-order chi connectivity index (χ0) is 10.5. The topological polar surface area (TPSA) is 38.5 Å². The average Bonchev–Trinajstić information content (AvgIpc) is 2.31. The second kappa shape index (κ2) is 5.83. The van der Waals surface area contributed by atoms with Crippen molar-refractivity contribution in [3.63, 3.8) is 0 Å². The van der Waals surface area contributed by atoms with Crippen molar-refractivity contribution in [1.29, 1.82) is 0 Å². The summed E-state index contributed by atoms with van der Waals surface area (Å²) in [6.45, 7) is 4.90. The van der Waals surface area contributed by atoms with Crippen LogP contribution in [0, 0.1) is 5.92 Å². The van der Waals surface area contributed by atoms with Gasteiger partial charge >= 0.3 is 0 Å². The highest BCUT2D eigenvalue weighted by Crippen LogP contribution is 2.29. The van der Waals surface area contributed by atoms with Crippen LogP contribution in [0.5, 0.6) is 0 Å².